The van der Waals surface area contributed by atoms with Gasteiger partial charge in [0.1, 0.15) is 11.3 Å². The molecule has 0 spiro atoms. The van der Waals surface area contributed by atoms with Gasteiger partial charge in [-0.3, -0.25) is 14.4 Å². The Morgan fingerprint density at radius 2 is 2.13 bits per heavy atom. The number of aliphatic carboxylic acids is 1. The quantitative estimate of drug-likeness (QED) is 0.894. The van der Waals surface area contributed by atoms with Crippen molar-refractivity contribution in [1.29, 1.82) is 0 Å². The summed E-state index contributed by atoms with van der Waals surface area (Å²) >= 11 is 0. The Bertz CT molecular complexity index is 808. The van der Waals surface area contributed by atoms with Crippen LogP contribution in [0.3, 0.4) is 0 Å². The fourth-order valence-corrected chi connectivity index (χ4v) is 2.70. The molecular formula is C16H16N2O5. The van der Waals surface area contributed by atoms with E-state index in [-0.39, 0.29) is 12.1 Å². The predicted molar refractivity (Wildman–Crippen MR) is 81.0 cm³/mol. The number of likely N-dealkylation sites (tertiary alicyclic amines) is 1. The fraction of sp³-hybridized carbons (Fsp3) is 0.312. The molecule has 2 N–H and O–H groups in total. The predicted octanol–water partition coefficient (Wildman–Crippen LogP) is 1.57. The van der Waals surface area contributed by atoms with E-state index in [1.54, 1.807) is 25.1 Å². The fourth-order valence-electron chi connectivity index (χ4n) is 2.70. The standard InChI is InChI=1S/C16H16N2O5/c1-16(15(21)22)6-7-18(9-16)14(20)10-4-5-11(17-13(10)19)12-3-2-8-23-12/h2-5,8H,6-7,9H2,1H3,(H,17,19)(H,21,22). The molecule has 3 heterocycles. The van der Waals surface area contributed by atoms with Gasteiger partial charge in [-0.05, 0) is 37.6 Å². The van der Waals surface area contributed by atoms with E-state index in [1.807, 2.05) is 0 Å². The third-order valence-corrected chi connectivity index (χ3v) is 4.20. The minimum atomic E-state index is -0.962. The number of hydrogen-bond acceptors (Lipinski definition) is 4. The van der Waals surface area contributed by atoms with Crippen LogP contribution in [0.4, 0.5) is 0 Å². The first-order valence-corrected chi connectivity index (χ1v) is 7.21. The number of carboxylic acid groups (broad SMARTS) is 1. The summed E-state index contributed by atoms with van der Waals surface area (Å²) in [4.78, 5) is 39.9. The third kappa shape index (κ3) is 2.65. The third-order valence-electron chi connectivity index (χ3n) is 4.20. The summed E-state index contributed by atoms with van der Waals surface area (Å²) in [5, 5.41) is 9.22. The number of aromatic nitrogens is 1. The number of rotatable bonds is 3. The SMILES string of the molecule is CC1(C(=O)O)CCN(C(=O)c2ccc(-c3ccco3)[nH]c2=O)C1. The zero-order valence-electron chi connectivity index (χ0n) is 12.5. The van der Waals surface area contributed by atoms with Crippen molar-refractivity contribution in [3.8, 4) is 11.5 Å². The monoisotopic (exact) mass is 316 g/mol. The molecule has 0 aromatic carbocycles. The maximum Gasteiger partial charge on any atom is 0.311 e. The van der Waals surface area contributed by atoms with Gasteiger partial charge in [-0.15, -0.1) is 0 Å². The van der Waals surface area contributed by atoms with Crippen LogP contribution in [0, 0.1) is 5.41 Å². The Balaban J connectivity index is 1.84. The Hall–Kier alpha value is -2.83. The van der Waals surface area contributed by atoms with Crippen molar-refractivity contribution < 1.29 is 19.1 Å². The zero-order valence-corrected chi connectivity index (χ0v) is 12.5. The molecule has 1 saturated heterocycles. The Labute approximate surface area is 131 Å². The number of aromatic amines is 1. The molecule has 0 aliphatic carbocycles. The van der Waals surface area contributed by atoms with Gasteiger partial charge in [0.15, 0.2) is 0 Å². The highest BCUT2D eigenvalue weighted by Crippen LogP contribution is 2.30. The number of furan rings is 1. The van der Waals surface area contributed by atoms with Gasteiger partial charge in [0.05, 0.1) is 17.4 Å². The van der Waals surface area contributed by atoms with Gasteiger partial charge >= 0.3 is 5.97 Å². The molecule has 7 nitrogen and oxygen atoms in total. The first-order valence-electron chi connectivity index (χ1n) is 7.21. The minimum absolute atomic E-state index is 0.00468. The van der Waals surface area contributed by atoms with Gasteiger partial charge in [-0.2, -0.15) is 0 Å². The van der Waals surface area contributed by atoms with E-state index in [9.17, 15) is 19.5 Å². The van der Waals surface area contributed by atoms with E-state index >= 15 is 0 Å². The lowest BCUT2D eigenvalue weighted by Gasteiger charge is -2.20. The molecule has 1 fully saturated rings. The molecule has 23 heavy (non-hydrogen) atoms. The molecule has 0 bridgehead atoms. The van der Waals surface area contributed by atoms with Gasteiger partial charge in [-0.25, -0.2) is 0 Å². The topological polar surface area (TPSA) is 104 Å². The van der Waals surface area contributed by atoms with E-state index in [4.69, 9.17) is 4.42 Å². The molecule has 120 valence electrons. The maximum atomic E-state index is 12.5. The van der Waals surface area contributed by atoms with Crippen molar-refractivity contribution in [2.45, 2.75) is 13.3 Å². The highest BCUT2D eigenvalue weighted by molar-refractivity contribution is 5.95. The smallest absolute Gasteiger partial charge is 0.311 e. The second kappa shape index (κ2) is 5.42. The zero-order chi connectivity index (χ0) is 16.6. The molecule has 3 rings (SSSR count). The number of amides is 1. The summed E-state index contributed by atoms with van der Waals surface area (Å²) < 4.78 is 5.20. The molecule has 1 aliphatic rings. The van der Waals surface area contributed by atoms with E-state index in [0.717, 1.165) is 0 Å². The summed E-state index contributed by atoms with van der Waals surface area (Å²) in [7, 11) is 0. The second-order valence-electron chi connectivity index (χ2n) is 5.93. The summed E-state index contributed by atoms with van der Waals surface area (Å²) in [5.74, 6) is -0.891. The van der Waals surface area contributed by atoms with E-state index in [1.165, 1.54) is 17.2 Å². The number of H-pyrrole nitrogens is 1. The van der Waals surface area contributed by atoms with Crippen molar-refractivity contribution in [3.63, 3.8) is 0 Å². The lowest BCUT2D eigenvalue weighted by Crippen LogP contribution is -2.37. The largest absolute Gasteiger partial charge is 0.481 e. The van der Waals surface area contributed by atoms with Gasteiger partial charge in [0.2, 0.25) is 0 Å². The Kier molecular flexibility index (Phi) is 3.55. The normalized spacial score (nSPS) is 20.7. The van der Waals surface area contributed by atoms with Crippen LogP contribution >= 0.6 is 0 Å². The summed E-state index contributed by atoms with van der Waals surface area (Å²) in [6.07, 6.45) is 1.86. The van der Waals surface area contributed by atoms with E-state index in [0.29, 0.717) is 24.4 Å². The molecule has 1 amide bonds. The second-order valence-corrected chi connectivity index (χ2v) is 5.93. The average molecular weight is 316 g/mol. The van der Waals surface area contributed by atoms with Crippen LogP contribution in [0.2, 0.25) is 0 Å². The van der Waals surface area contributed by atoms with Crippen molar-refractivity contribution >= 4 is 11.9 Å². The number of hydrogen-bond donors (Lipinski definition) is 2. The molecule has 7 heteroatoms. The first kappa shape index (κ1) is 15.1. The molecule has 0 saturated carbocycles. The van der Waals surface area contributed by atoms with Crippen LogP contribution in [-0.4, -0.2) is 40.0 Å². The molecule has 1 unspecified atom stereocenters. The van der Waals surface area contributed by atoms with Gasteiger partial charge < -0.3 is 19.4 Å². The van der Waals surface area contributed by atoms with Crippen LogP contribution in [0.25, 0.3) is 11.5 Å². The number of carbonyl (C=O) groups excluding carboxylic acids is 1. The van der Waals surface area contributed by atoms with Crippen molar-refractivity contribution in [1.82, 2.24) is 9.88 Å². The lowest BCUT2D eigenvalue weighted by atomic mass is 9.90. The summed E-state index contributed by atoms with van der Waals surface area (Å²) in [5.41, 5.74) is -1.01. The molecule has 1 atom stereocenters. The van der Waals surface area contributed by atoms with Crippen LogP contribution in [0.15, 0.2) is 39.7 Å². The van der Waals surface area contributed by atoms with E-state index in [2.05, 4.69) is 4.98 Å². The van der Waals surface area contributed by atoms with Crippen molar-refractivity contribution in [2.75, 3.05) is 13.1 Å². The van der Waals surface area contributed by atoms with Crippen molar-refractivity contribution in [3.05, 3.63) is 46.4 Å². The average Bonchev–Trinajstić information content (AvgIpc) is 3.16. The van der Waals surface area contributed by atoms with E-state index < -0.39 is 22.9 Å². The van der Waals surface area contributed by atoms with Gasteiger partial charge in [0, 0.05) is 13.1 Å². The molecule has 2 aromatic rings. The minimum Gasteiger partial charge on any atom is -0.481 e. The number of carbonyl (C=O) groups is 2. The molecular weight excluding hydrogens is 300 g/mol. The maximum absolute atomic E-state index is 12.5. The van der Waals surface area contributed by atoms with Crippen LogP contribution in [0.5, 0.6) is 0 Å². The number of nitrogens with zero attached hydrogens (tertiary/aromatic N) is 1. The van der Waals surface area contributed by atoms with Crippen molar-refractivity contribution in [2.24, 2.45) is 5.41 Å². The molecule has 0 radical (unpaired) electrons. The molecule has 1 aliphatic heterocycles. The Morgan fingerprint density at radius 1 is 1.35 bits per heavy atom. The van der Waals surface area contributed by atoms with Crippen LogP contribution in [0.1, 0.15) is 23.7 Å². The van der Waals surface area contributed by atoms with Gasteiger partial charge in [-0.1, -0.05) is 0 Å². The summed E-state index contributed by atoms with van der Waals surface area (Å²) in [6, 6.07) is 6.44. The lowest BCUT2D eigenvalue weighted by molar-refractivity contribution is -0.147. The number of nitrogens with one attached hydrogen (secondary N) is 1. The summed E-state index contributed by atoms with van der Waals surface area (Å²) in [6.45, 7) is 2.02. The highest BCUT2D eigenvalue weighted by Gasteiger charge is 2.42. The highest BCUT2D eigenvalue weighted by atomic mass is 16.4. The van der Waals surface area contributed by atoms with Crippen LogP contribution in [-0.2, 0) is 4.79 Å². The first-order chi connectivity index (χ1) is 10.9. The number of carboxylic acids is 1. The Morgan fingerprint density at radius 3 is 2.70 bits per heavy atom. The van der Waals surface area contributed by atoms with Crippen LogP contribution < -0.4 is 5.56 Å². The molecule has 2 aromatic heterocycles. The number of pyridine rings is 1. The van der Waals surface area contributed by atoms with Gasteiger partial charge in [0.25, 0.3) is 11.5 Å².